The molecular weight excluding hydrogens is 406 g/mol. The maximum absolute atomic E-state index is 12.6. The van der Waals surface area contributed by atoms with Gasteiger partial charge in [0.05, 0.1) is 12.6 Å². The number of nitrogens with zero attached hydrogens (tertiary/aromatic N) is 1. The molecule has 6 N–H and O–H groups in total. The largest absolute Gasteiger partial charge is 0.480 e. The summed E-state index contributed by atoms with van der Waals surface area (Å²) in [6.07, 6.45) is 1.73. The van der Waals surface area contributed by atoms with Crippen molar-refractivity contribution in [1.82, 2.24) is 20.9 Å². The van der Waals surface area contributed by atoms with Gasteiger partial charge >= 0.3 is 5.97 Å². The predicted octanol–water partition coefficient (Wildman–Crippen LogP) is -1.19. The second-order valence-electron chi connectivity index (χ2n) is 8.22. The molecule has 4 amide bonds. The molecule has 0 aromatic rings. The summed E-state index contributed by atoms with van der Waals surface area (Å²) in [6.45, 7) is 6.77. The predicted molar refractivity (Wildman–Crippen MR) is 113 cm³/mol. The number of carbonyl (C=O) groups excluding carboxylic acids is 4. The second kappa shape index (κ2) is 12.2. The smallest absolute Gasteiger partial charge is 0.322 e. The molecular formula is C20H35N5O6. The summed E-state index contributed by atoms with van der Waals surface area (Å²) < 4.78 is 0. The van der Waals surface area contributed by atoms with Crippen LogP contribution in [0.2, 0.25) is 0 Å². The van der Waals surface area contributed by atoms with Crippen molar-refractivity contribution in [3.05, 3.63) is 0 Å². The van der Waals surface area contributed by atoms with Gasteiger partial charge in [0, 0.05) is 6.54 Å². The first kappa shape index (κ1) is 26.3. The molecule has 0 aliphatic carbocycles. The summed E-state index contributed by atoms with van der Waals surface area (Å²) in [7, 11) is 0. The van der Waals surface area contributed by atoms with Crippen molar-refractivity contribution in [2.24, 2.45) is 17.6 Å². The highest BCUT2D eigenvalue weighted by molar-refractivity contribution is 5.94. The lowest BCUT2D eigenvalue weighted by molar-refractivity contribution is -0.140. The van der Waals surface area contributed by atoms with E-state index in [9.17, 15) is 24.0 Å². The van der Waals surface area contributed by atoms with Gasteiger partial charge in [-0.25, -0.2) is 0 Å². The van der Waals surface area contributed by atoms with E-state index in [2.05, 4.69) is 16.0 Å². The first-order valence-electron chi connectivity index (χ1n) is 10.6. The first-order valence-corrected chi connectivity index (χ1v) is 10.6. The quantitative estimate of drug-likeness (QED) is 0.268. The third-order valence-corrected chi connectivity index (χ3v) is 5.49. The molecule has 0 aromatic heterocycles. The lowest BCUT2D eigenvalue weighted by Gasteiger charge is -2.28. The summed E-state index contributed by atoms with van der Waals surface area (Å²) in [5.74, 6) is -3.43. The Morgan fingerprint density at radius 3 is 2.29 bits per heavy atom. The van der Waals surface area contributed by atoms with Gasteiger partial charge in [0.15, 0.2) is 0 Å². The Morgan fingerprint density at radius 1 is 1.10 bits per heavy atom. The third kappa shape index (κ3) is 7.82. The lowest BCUT2D eigenvalue weighted by Crippen LogP contribution is -2.55. The van der Waals surface area contributed by atoms with Crippen molar-refractivity contribution in [1.29, 1.82) is 0 Å². The Bertz CT molecular complexity index is 683. The van der Waals surface area contributed by atoms with Gasteiger partial charge in [-0.15, -0.1) is 0 Å². The standard InChI is InChI=1S/C20H35N5O6/c1-5-12(4)17(19(30)23-10-15(27)28)24-14(26)9-22-18(29)13-7-6-8-25(13)20(31)16(21)11(2)3/h11-13,16-17H,5-10,21H2,1-4H3,(H,22,29)(H,23,30)(H,24,26)(H,27,28)/t12-,13-,16-,17-/m0/s1. The Hall–Kier alpha value is -2.69. The number of hydrogen-bond acceptors (Lipinski definition) is 6. The molecule has 1 saturated heterocycles. The van der Waals surface area contributed by atoms with Gasteiger partial charge in [0.1, 0.15) is 18.6 Å². The van der Waals surface area contributed by atoms with Crippen LogP contribution < -0.4 is 21.7 Å². The van der Waals surface area contributed by atoms with Crippen LogP contribution in [-0.2, 0) is 24.0 Å². The molecule has 0 radical (unpaired) electrons. The highest BCUT2D eigenvalue weighted by Crippen LogP contribution is 2.19. The molecule has 0 bridgehead atoms. The van der Waals surface area contributed by atoms with E-state index in [4.69, 9.17) is 10.8 Å². The zero-order valence-electron chi connectivity index (χ0n) is 18.6. The number of nitrogens with one attached hydrogen (secondary N) is 3. The highest BCUT2D eigenvalue weighted by atomic mass is 16.4. The number of hydrogen-bond donors (Lipinski definition) is 5. The molecule has 1 heterocycles. The minimum atomic E-state index is -1.19. The molecule has 4 atom stereocenters. The molecule has 176 valence electrons. The van der Waals surface area contributed by atoms with Crippen LogP contribution in [0.4, 0.5) is 0 Å². The van der Waals surface area contributed by atoms with Crippen LogP contribution in [-0.4, -0.2) is 77.4 Å². The number of nitrogens with two attached hydrogens (primary N) is 1. The molecule has 31 heavy (non-hydrogen) atoms. The Labute approximate surface area is 182 Å². The average molecular weight is 442 g/mol. The molecule has 1 rings (SSSR count). The number of carbonyl (C=O) groups is 5. The molecule has 0 spiro atoms. The van der Waals surface area contributed by atoms with Crippen LogP contribution in [0, 0.1) is 11.8 Å². The molecule has 11 heteroatoms. The van der Waals surface area contributed by atoms with Crippen LogP contribution >= 0.6 is 0 Å². The van der Waals surface area contributed by atoms with Gasteiger partial charge in [0.25, 0.3) is 0 Å². The summed E-state index contributed by atoms with van der Waals surface area (Å²) in [6, 6.07) is -2.31. The van der Waals surface area contributed by atoms with E-state index in [1.165, 1.54) is 4.90 Å². The van der Waals surface area contributed by atoms with E-state index in [0.717, 1.165) is 0 Å². The van der Waals surface area contributed by atoms with Crippen molar-refractivity contribution >= 4 is 29.6 Å². The van der Waals surface area contributed by atoms with Crippen molar-refractivity contribution in [2.75, 3.05) is 19.6 Å². The van der Waals surface area contributed by atoms with Crippen LogP contribution in [0.1, 0.15) is 47.0 Å². The zero-order chi connectivity index (χ0) is 23.7. The van der Waals surface area contributed by atoms with Crippen molar-refractivity contribution in [3.63, 3.8) is 0 Å². The van der Waals surface area contributed by atoms with E-state index in [-0.39, 0.29) is 24.3 Å². The third-order valence-electron chi connectivity index (χ3n) is 5.49. The Balaban J connectivity index is 2.66. The average Bonchev–Trinajstić information content (AvgIpc) is 3.22. The summed E-state index contributed by atoms with van der Waals surface area (Å²) in [5, 5.41) is 16.0. The monoisotopic (exact) mass is 441 g/mol. The summed E-state index contributed by atoms with van der Waals surface area (Å²) in [5.41, 5.74) is 5.93. The van der Waals surface area contributed by atoms with Crippen molar-refractivity contribution in [2.45, 2.75) is 65.1 Å². The highest BCUT2D eigenvalue weighted by Gasteiger charge is 2.37. The summed E-state index contributed by atoms with van der Waals surface area (Å²) >= 11 is 0. The van der Waals surface area contributed by atoms with Crippen LogP contribution in [0.5, 0.6) is 0 Å². The van der Waals surface area contributed by atoms with E-state index < -0.39 is 48.4 Å². The molecule has 0 saturated carbocycles. The Kier molecular flexibility index (Phi) is 10.4. The zero-order valence-corrected chi connectivity index (χ0v) is 18.6. The maximum atomic E-state index is 12.6. The van der Waals surface area contributed by atoms with E-state index >= 15 is 0 Å². The lowest BCUT2D eigenvalue weighted by atomic mass is 9.98. The topological polar surface area (TPSA) is 171 Å². The fraction of sp³-hybridized carbons (Fsp3) is 0.750. The van der Waals surface area contributed by atoms with Gasteiger partial charge in [0.2, 0.25) is 23.6 Å². The molecule has 0 unspecified atom stereocenters. The second-order valence-corrected chi connectivity index (χ2v) is 8.22. The first-order chi connectivity index (χ1) is 14.5. The van der Waals surface area contributed by atoms with E-state index in [1.54, 1.807) is 6.92 Å². The molecule has 1 aliphatic heterocycles. The number of aliphatic carboxylic acids is 1. The maximum Gasteiger partial charge on any atom is 0.322 e. The fourth-order valence-electron chi connectivity index (χ4n) is 3.26. The number of likely N-dealkylation sites (tertiary alicyclic amines) is 1. The molecule has 1 aliphatic rings. The SMILES string of the molecule is CC[C@H](C)[C@H](NC(=O)CNC(=O)[C@@H]1CCCN1C(=O)[C@@H](N)C(C)C)C(=O)NCC(=O)O. The number of rotatable bonds is 11. The van der Waals surface area contributed by atoms with Gasteiger partial charge in [-0.1, -0.05) is 34.1 Å². The van der Waals surface area contributed by atoms with Gasteiger partial charge in [-0.3, -0.25) is 24.0 Å². The normalized spacial score (nSPS) is 18.8. The molecule has 1 fully saturated rings. The number of amides is 4. The van der Waals surface area contributed by atoms with Crippen LogP contribution in [0.25, 0.3) is 0 Å². The van der Waals surface area contributed by atoms with E-state index in [1.807, 2.05) is 20.8 Å². The van der Waals surface area contributed by atoms with Gasteiger partial charge in [-0.05, 0) is 24.7 Å². The fourth-order valence-corrected chi connectivity index (χ4v) is 3.26. The van der Waals surface area contributed by atoms with E-state index in [0.29, 0.717) is 25.8 Å². The van der Waals surface area contributed by atoms with Gasteiger partial charge < -0.3 is 31.7 Å². The molecule has 11 nitrogen and oxygen atoms in total. The number of carboxylic acids is 1. The number of carboxylic acid groups (broad SMARTS) is 1. The summed E-state index contributed by atoms with van der Waals surface area (Å²) in [4.78, 5) is 61.8. The van der Waals surface area contributed by atoms with Crippen molar-refractivity contribution in [3.8, 4) is 0 Å². The minimum absolute atomic E-state index is 0.0626. The molecule has 0 aromatic carbocycles. The van der Waals surface area contributed by atoms with Crippen molar-refractivity contribution < 1.29 is 29.1 Å². The Morgan fingerprint density at radius 2 is 1.74 bits per heavy atom. The van der Waals surface area contributed by atoms with Gasteiger partial charge in [-0.2, -0.15) is 0 Å². The van der Waals surface area contributed by atoms with Crippen LogP contribution in [0.3, 0.4) is 0 Å². The van der Waals surface area contributed by atoms with Crippen LogP contribution in [0.15, 0.2) is 0 Å². The minimum Gasteiger partial charge on any atom is -0.480 e.